The molecule has 0 radical (unpaired) electrons. The van der Waals surface area contributed by atoms with Gasteiger partial charge in [-0.1, -0.05) is 24.4 Å². The number of aryl methyl sites for hydroxylation is 1. The first-order valence-corrected chi connectivity index (χ1v) is 11.6. The van der Waals surface area contributed by atoms with Gasteiger partial charge in [0.1, 0.15) is 28.6 Å². The number of aromatic hydroxyl groups is 1. The van der Waals surface area contributed by atoms with Gasteiger partial charge in [0.2, 0.25) is 5.91 Å². The fourth-order valence-electron chi connectivity index (χ4n) is 3.56. The molecular formula is C21H22ClNO7S. The lowest BCUT2D eigenvalue weighted by molar-refractivity contribution is -0.139. The molecule has 3 N–H and O–H groups in total. The summed E-state index contributed by atoms with van der Waals surface area (Å²) in [6.07, 6.45) is 2.12. The van der Waals surface area contributed by atoms with E-state index in [1.54, 1.807) is 13.0 Å². The summed E-state index contributed by atoms with van der Waals surface area (Å²) < 4.78 is 31.6. The van der Waals surface area contributed by atoms with E-state index in [-0.39, 0.29) is 27.2 Å². The van der Waals surface area contributed by atoms with Crippen LogP contribution in [0.3, 0.4) is 0 Å². The predicted octanol–water partition coefficient (Wildman–Crippen LogP) is 4.28. The molecule has 0 saturated heterocycles. The quantitative estimate of drug-likeness (QED) is 0.518. The van der Waals surface area contributed by atoms with Crippen LogP contribution in [0.25, 0.3) is 0 Å². The highest BCUT2D eigenvalue weighted by atomic mass is 35.5. The molecule has 0 aliphatic heterocycles. The average molecular weight is 468 g/mol. The van der Waals surface area contributed by atoms with Gasteiger partial charge in [0.15, 0.2) is 9.84 Å². The largest absolute Gasteiger partial charge is 0.507 e. The van der Waals surface area contributed by atoms with Gasteiger partial charge >= 0.3 is 5.97 Å². The number of anilines is 1. The second kappa shape index (κ2) is 9.15. The van der Waals surface area contributed by atoms with Crippen LogP contribution < -0.4 is 10.1 Å². The van der Waals surface area contributed by atoms with E-state index in [1.165, 1.54) is 24.3 Å². The number of hydrogen-bond acceptors (Lipinski definition) is 6. The Labute approximate surface area is 184 Å². The maximum Gasteiger partial charge on any atom is 0.312 e. The van der Waals surface area contributed by atoms with Crippen LogP contribution in [0.4, 0.5) is 5.69 Å². The molecule has 0 spiro atoms. The van der Waals surface area contributed by atoms with Crippen LogP contribution in [0, 0.1) is 6.92 Å². The van der Waals surface area contributed by atoms with Crippen molar-refractivity contribution in [2.24, 2.45) is 0 Å². The summed E-state index contributed by atoms with van der Waals surface area (Å²) >= 11 is 6.28. The van der Waals surface area contributed by atoms with E-state index in [4.69, 9.17) is 21.4 Å². The first kappa shape index (κ1) is 22.9. The van der Waals surface area contributed by atoms with Crippen LogP contribution in [0.2, 0.25) is 5.02 Å². The van der Waals surface area contributed by atoms with Crippen LogP contribution in [0.15, 0.2) is 35.2 Å². The number of aliphatic carboxylic acids is 1. The third-order valence-corrected chi connectivity index (χ3v) is 7.59. The molecule has 166 valence electrons. The molecule has 31 heavy (non-hydrogen) atoms. The van der Waals surface area contributed by atoms with Gasteiger partial charge < -0.3 is 20.3 Å². The van der Waals surface area contributed by atoms with Crippen molar-refractivity contribution in [2.45, 2.75) is 49.2 Å². The number of carboxylic acids is 1. The van der Waals surface area contributed by atoms with Crippen molar-refractivity contribution in [3.8, 4) is 17.2 Å². The van der Waals surface area contributed by atoms with Crippen molar-refractivity contribution in [1.82, 2.24) is 0 Å². The Bertz CT molecular complexity index is 1100. The number of amides is 1. The zero-order valence-electron chi connectivity index (χ0n) is 16.7. The zero-order valence-corrected chi connectivity index (χ0v) is 18.3. The van der Waals surface area contributed by atoms with Crippen LogP contribution in [0.5, 0.6) is 17.2 Å². The van der Waals surface area contributed by atoms with E-state index in [0.29, 0.717) is 24.1 Å². The van der Waals surface area contributed by atoms with Crippen molar-refractivity contribution >= 4 is 39.0 Å². The van der Waals surface area contributed by atoms with Crippen molar-refractivity contribution in [1.29, 1.82) is 0 Å². The normalized spacial score (nSPS) is 14.4. The number of phenolic OH excluding ortho intramolecular Hbond substituents is 1. The number of hydrogen-bond donors (Lipinski definition) is 3. The molecular weight excluding hydrogens is 446 g/mol. The van der Waals surface area contributed by atoms with Crippen molar-refractivity contribution < 1.29 is 33.0 Å². The average Bonchev–Trinajstić information content (AvgIpc) is 3.20. The summed E-state index contributed by atoms with van der Waals surface area (Å²) in [5.74, 6) is -1.86. The third-order valence-electron chi connectivity index (χ3n) is 5.02. The molecule has 2 aromatic rings. The van der Waals surface area contributed by atoms with Crippen molar-refractivity contribution in [3.63, 3.8) is 0 Å². The predicted molar refractivity (Wildman–Crippen MR) is 115 cm³/mol. The second-order valence-corrected chi connectivity index (χ2v) is 10.0. The van der Waals surface area contributed by atoms with E-state index in [9.17, 15) is 23.1 Å². The molecule has 1 amide bonds. The summed E-state index contributed by atoms with van der Waals surface area (Å²) in [4.78, 5) is 22.1. The SMILES string of the molecule is Cc1cc(NC(=O)CC(=O)O)cc(Cl)c1Oc1ccc(O)c(S(=O)(=O)C2CCCC2)c1. The molecule has 1 saturated carbocycles. The smallest absolute Gasteiger partial charge is 0.312 e. The monoisotopic (exact) mass is 467 g/mol. The van der Waals surface area contributed by atoms with Gasteiger partial charge in [0, 0.05) is 11.8 Å². The minimum Gasteiger partial charge on any atom is -0.507 e. The molecule has 2 aromatic carbocycles. The number of carboxylic acid groups (broad SMARTS) is 1. The van der Waals surface area contributed by atoms with Gasteiger partial charge in [-0.2, -0.15) is 0 Å². The van der Waals surface area contributed by atoms with Crippen LogP contribution in [0.1, 0.15) is 37.7 Å². The first-order chi connectivity index (χ1) is 14.6. The number of ether oxygens (including phenoxy) is 1. The lowest BCUT2D eigenvalue weighted by Gasteiger charge is -2.16. The van der Waals surface area contributed by atoms with E-state index in [2.05, 4.69) is 5.32 Å². The third kappa shape index (κ3) is 5.29. The molecule has 0 aromatic heterocycles. The summed E-state index contributed by atoms with van der Waals surface area (Å²) in [5, 5.41) is 20.9. The van der Waals surface area contributed by atoms with Gasteiger partial charge in [0.25, 0.3) is 0 Å². The molecule has 10 heteroatoms. The topological polar surface area (TPSA) is 130 Å². The standard InChI is InChI=1S/C21H22ClNO7S/c1-12-8-13(23-19(25)11-20(26)27)9-16(22)21(12)30-14-6-7-17(24)18(10-14)31(28,29)15-4-2-3-5-15/h6-10,15,24H,2-5,11H2,1H3,(H,23,25)(H,26,27). The number of halogens is 1. The minimum absolute atomic E-state index is 0.138. The molecule has 1 aliphatic rings. The first-order valence-electron chi connectivity index (χ1n) is 9.64. The van der Waals surface area contributed by atoms with Gasteiger partial charge in [0.05, 0.1) is 10.3 Å². The summed E-state index contributed by atoms with van der Waals surface area (Å²) in [6.45, 7) is 1.67. The number of benzene rings is 2. The fourth-order valence-corrected chi connectivity index (χ4v) is 5.81. The highest BCUT2D eigenvalue weighted by molar-refractivity contribution is 7.92. The number of carbonyl (C=O) groups is 2. The zero-order chi connectivity index (χ0) is 22.8. The molecule has 1 aliphatic carbocycles. The molecule has 8 nitrogen and oxygen atoms in total. The molecule has 0 unspecified atom stereocenters. The van der Waals surface area contributed by atoms with Gasteiger partial charge in [-0.15, -0.1) is 0 Å². The molecule has 0 heterocycles. The lowest BCUT2D eigenvalue weighted by Crippen LogP contribution is -2.18. The van der Waals surface area contributed by atoms with Gasteiger partial charge in [-0.25, -0.2) is 8.42 Å². The number of sulfone groups is 1. The highest BCUT2D eigenvalue weighted by Gasteiger charge is 2.32. The molecule has 0 bridgehead atoms. The van der Waals surface area contributed by atoms with Crippen LogP contribution in [-0.4, -0.2) is 35.8 Å². The van der Waals surface area contributed by atoms with E-state index in [1.807, 2.05) is 0 Å². The van der Waals surface area contributed by atoms with Gasteiger partial charge in [-0.3, -0.25) is 9.59 Å². The van der Waals surface area contributed by atoms with Crippen LogP contribution in [-0.2, 0) is 19.4 Å². The Morgan fingerprint density at radius 1 is 1.19 bits per heavy atom. The molecule has 1 fully saturated rings. The number of carbonyl (C=O) groups excluding carboxylic acids is 1. The maximum absolute atomic E-state index is 12.9. The Hall–Kier alpha value is -2.78. The Morgan fingerprint density at radius 2 is 1.87 bits per heavy atom. The van der Waals surface area contributed by atoms with Crippen molar-refractivity contribution in [2.75, 3.05) is 5.32 Å². The number of rotatable bonds is 7. The maximum atomic E-state index is 12.9. The van der Waals surface area contributed by atoms with E-state index in [0.717, 1.165) is 12.8 Å². The summed E-state index contributed by atoms with van der Waals surface area (Å²) in [7, 11) is -3.69. The minimum atomic E-state index is -3.69. The van der Waals surface area contributed by atoms with Gasteiger partial charge in [-0.05, 0) is 49.6 Å². The van der Waals surface area contributed by atoms with E-state index >= 15 is 0 Å². The molecule has 3 rings (SSSR count). The Balaban J connectivity index is 1.86. The highest BCUT2D eigenvalue weighted by Crippen LogP contribution is 2.39. The number of nitrogens with one attached hydrogen (secondary N) is 1. The summed E-state index contributed by atoms with van der Waals surface area (Å²) in [6, 6.07) is 6.93. The van der Waals surface area contributed by atoms with Crippen LogP contribution >= 0.6 is 11.6 Å². The Morgan fingerprint density at radius 3 is 2.48 bits per heavy atom. The van der Waals surface area contributed by atoms with Crippen molar-refractivity contribution in [3.05, 3.63) is 40.9 Å². The summed E-state index contributed by atoms with van der Waals surface area (Å²) in [5.41, 5.74) is 0.836. The Kier molecular flexibility index (Phi) is 6.76. The fraction of sp³-hybridized carbons (Fsp3) is 0.333. The molecule has 0 atom stereocenters. The number of phenols is 1. The lowest BCUT2D eigenvalue weighted by atomic mass is 10.2. The second-order valence-electron chi connectivity index (χ2n) is 7.41. The van der Waals surface area contributed by atoms with E-state index < -0.39 is 33.4 Å².